The van der Waals surface area contributed by atoms with Crippen LogP contribution in [0.4, 0.5) is 11.4 Å². The van der Waals surface area contributed by atoms with E-state index >= 15 is 0 Å². The van der Waals surface area contributed by atoms with Gasteiger partial charge in [-0.2, -0.15) is 5.10 Å². The maximum atomic E-state index is 4.30. The summed E-state index contributed by atoms with van der Waals surface area (Å²) in [6.45, 7) is 5.15. The zero-order chi connectivity index (χ0) is 13.8. The SMILES string of the molecule is CCn1cc(C(C)Nc2ccc(N(C)C)cc2)cn1. The molecule has 1 aromatic carbocycles. The van der Waals surface area contributed by atoms with Crippen molar-refractivity contribution in [3.8, 4) is 0 Å². The van der Waals surface area contributed by atoms with Crippen LogP contribution in [0.25, 0.3) is 0 Å². The Bertz CT molecular complexity index is 513. The molecule has 0 radical (unpaired) electrons. The fourth-order valence-electron chi connectivity index (χ4n) is 1.97. The number of rotatable bonds is 5. The molecule has 4 nitrogen and oxygen atoms in total. The Hall–Kier alpha value is -1.97. The third-order valence-corrected chi connectivity index (χ3v) is 3.24. The van der Waals surface area contributed by atoms with Gasteiger partial charge in [0.15, 0.2) is 0 Å². The molecule has 0 amide bonds. The van der Waals surface area contributed by atoms with Gasteiger partial charge in [-0.3, -0.25) is 4.68 Å². The van der Waals surface area contributed by atoms with E-state index in [1.165, 1.54) is 11.3 Å². The first-order chi connectivity index (χ1) is 9.10. The molecule has 0 saturated heterocycles. The number of anilines is 2. The normalized spacial score (nSPS) is 12.2. The van der Waals surface area contributed by atoms with Gasteiger partial charge in [0, 0.05) is 43.8 Å². The van der Waals surface area contributed by atoms with E-state index in [0.717, 1.165) is 12.2 Å². The molecule has 0 saturated carbocycles. The minimum absolute atomic E-state index is 0.255. The molecule has 1 aromatic heterocycles. The molecule has 4 heteroatoms. The number of hydrogen-bond acceptors (Lipinski definition) is 3. The van der Waals surface area contributed by atoms with Crippen molar-refractivity contribution >= 4 is 11.4 Å². The van der Waals surface area contributed by atoms with Crippen LogP contribution in [0.1, 0.15) is 25.5 Å². The lowest BCUT2D eigenvalue weighted by Crippen LogP contribution is -2.09. The van der Waals surface area contributed by atoms with Gasteiger partial charge in [0.05, 0.1) is 12.2 Å². The van der Waals surface area contributed by atoms with Crippen molar-refractivity contribution in [2.45, 2.75) is 26.4 Å². The van der Waals surface area contributed by atoms with Gasteiger partial charge in [0.2, 0.25) is 0 Å². The van der Waals surface area contributed by atoms with E-state index in [0.29, 0.717) is 0 Å². The highest BCUT2D eigenvalue weighted by Gasteiger charge is 2.07. The molecule has 0 aliphatic carbocycles. The van der Waals surface area contributed by atoms with Crippen molar-refractivity contribution in [3.05, 3.63) is 42.2 Å². The van der Waals surface area contributed by atoms with Gasteiger partial charge >= 0.3 is 0 Å². The summed E-state index contributed by atoms with van der Waals surface area (Å²) in [6.07, 6.45) is 4.02. The van der Waals surface area contributed by atoms with Crippen molar-refractivity contribution in [2.24, 2.45) is 0 Å². The average Bonchev–Trinajstić information content (AvgIpc) is 2.88. The van der Waals surface area contributed by atoms with Crippen LogP contribution in [0.5, 0.6) is 0 Å². The molecule has 1 unspecified atom stereocenters. The van der Waals surface area contributed by atoms with E-state index in [1.807, 2.05) is 25.0 Å². The van der Waals surface area contributed by atoms with Crippen molar-refractivity contribution in [3.63, 3.8) is 0 Å². The molecular weight excluding hydrogens is 236 g/mol. The number of nitrogens with one attached hydrogen (secondary N) is 1. The Kier molecular flexibility index (Phi) is 4.10. The van der Waals surface area contributed by atoms with Crippen molar-refractivity contribution in [1.29, 1.82) is 0 Å². The van der Waals surface area contributed by atoms with Gasteiger partial charge in [-0.05, 0) is 38.1 Å². The second-order valence-corrected chi connectivity index (χ2v) is 4.94. The van der Waals surface area contributed by atoms with Crippen LogP contribution in [0.15, 0.2) is 36.7 Å². The van der Waals surface area contributed by atoms with Crippen LogP contribution < -0.4 is 10.2 Å². The number of aryl methyl sites for hydroxylation is 1. The van der Waals surface area contributed by atoms with Gasteiger partial charge in [0.1, 0.15) is 0 Å². The van der Waals surface area contributed by atoms with Gasteiger partial charge in [-0.25, -0.2) is 0 Å². The summed E-state index contributed by atoms with van der Waals surface area (Å²) in [5.41, 5.74) is 3.54. The van der Waals surface area contributed by atoms with E-state index in [1.54, 1.807) is 0 Å². The lowest BCUT2D eigenvalue weighted by molar-refractivity contribution is 0.658. The van der Waals surface area contributed by atoms with Gasteiger partial charge in [-0.1, -0.05) is 0 Å². The van der Waals surface area contributed by atoms with E-state index in [4.69, 9.17) is 0 Å². The predicted molar refractivity (Wildman–Crippen MR) is 80.7 cm³/mol. The molecule has 0 spiro atoms. The van der Waals surface area contributed by atoms with Crippen molar-refractivity contribution < 1.29 is 0 Å². The predicted octanol–water partition coefficient (Wildman–Crippen LogP) is 3.14. The number of benzene rings is 1. The quantitative estimate of drug-likeness (QED) is 0.894. The van der Waals surface area contributed by atoms with Gasteiger partial charge < -0.3 is 10.2 Å². The maximum absolute atomic E-state index is 4.30. The van der Waals surface area contributed by atoms with Crippen LogP contribution in [-0.2, 0) is 6.54 Å². The Labute approximate surface area is 115 Å². The minimum atomic E-state index is 0.255. The van der Waals surface area contributed by atoms with Crippen LogP contribution in [0.2, 0.25) is 0 Å². The summed E-state index contributed by atoms with van der Waals surface area (Å²) in [5.74, 6) is 0. The Balaban J connectivity index is 2.03. The van der Waals surface area contributed by atoms with Crippen LogP contribution in [0, 0.1) is 0 Å². The summed E-state index contributed by atoms with van der Waals surface area (Å²) in [4.78, 5) is 2.10. The Morgan fingerprint density at radius 3 is 2.47 bits per heavy atom. The van der Waals surface area contributed by atoms with Crippen LogP contribution in [-0.4, -0.2) is 23.9 Å². The molecule has 19 heavy (non-hydrogen) atoms. The number of hydrogen-bond donors (Lipinski definition) is 1. The molecule has 0 fully saturated rings. The molecule has 1 atom stereocenters. The molecule has 2 aromatic rings. The highest BCUT2D eigenvalue weighted by Crippen LogP contribution is 2.21. The molecule has 0 aliphatic rings. The lowest BCUT2D eigenvalue weighted by Gasteiger charge is -2.16. The molecule has 2 rings (SSSR count). The third kappa shape index (κ3) is 3.28. The molecule has 102 valence electrons. The molecule has 1 heterocycles. The monoisotopic (exact) mass is 258 g/mol. The first-order valence-corrected chi connectivity index (χ1v) is 6.66. The third-order valence-electron chi connectivity index (χ3n) is 3.24. The number of nitrogens with zero attached hydrogens (tertiary/aromatic N) is 3. The topological polar surface area (TPSA) is 33.1 Å². The zero-order valence-corrected chi connectivity index (χ0v) is 12.1. The molecular formula is C15H22N4. The summed E-state index contributed by atoms with van der Waals surface area (Å²) in [7, 11) is 4.09. The summed E-state index contributed by atoms with van der Waals surface area (Å²) in [5, 5.41) is 7.79. The van der Waals surface area contributed by atoms with Crippen LogP contribution >= 0.6 is 0 Å². The maximum Gasteiger partial charge on any atom is 0.0542 e. The molecule has 0 bridgehead atoms. The lowest BCUT2D eigenvalue weighted by atomic mass is 10.1. The van der Waals surface area contributed by atoms with Crippen LogP contribution in [0.3, 0.4) is 0 Å². The fraction of sp³-hybridized carbons (Fsp3) is 0.400. The summed E-state index contributed by atoms with van der Waals surface area (Å²) >= 11 is 0. The van der Waals surface area contributed by atoms with E-state index in [-0.39, 0.29) is 6.04 Å². The largest absolute Gasteiger partial charge is 0.378 e. The Morgan fingerprint density at radius 1 is 1.26 bits per heavy atom. The van der Waals surface area contributed by atoms with Gasteiger partial charge in [-0.15, -0.1) is 0 Å². The molecule has 0 aliphatic heterocycles. The minimum Gasteiger partial charge on any atom is -0.378 e. The summed E-state index contributed by atoms with van der Waals surface area (Å²) < 4.78 is 1.95. The Morgan fingerprint density at radius 2 is 1.95 bits per heavy atom. The highest BCUT2D eigenvalue weighted by molar-refractivity contribution is 5.55. The second kappa shape index (κ2) is 5.78. The highest BCUT2D eigenvalue weighted by atomic mass is 15.3. The molecule has 1 N–H and O–H groups in total. The standard InChI is InChI=1S/C15H22N4/c1-5-19-11-13(10-16-19)12(2)17-14-6-8-15(9-7-14)18(3)4/h6-12,17H,5H2,1-4H3. The van der Waals surface area contributed by atoms with Crippen molar-refractivity contribution in [1.82, 2.24) is 9.78 Å². The smallest absolute Gasteiger partial charge is 0.0542 e. The van der Waals surface area contributed by atoms with E-state index < -0.39 is 0 Å². The number of aromatic nitrogens is 2. The first kappa shape index (κ1) is 13.5. The zero-order valence-electron chi connectivity index (χ0n) is 12.1. The second-order valence-electron chi connectivity index (χ2n) is 4.94. The average molecular weight is 258 g/mol. The fourth-order valence-corrected chi connectivity index (χ4v) is 1.97. The van der Waals surface area contributed by atoms with E-state index in [2.05, 4.69) is 59.6 Å². The van der Waals surface area contributed by atoms with Crippen molar-refractivity contribution in [2.75, 3.05) is 24.3 Å². The van der Waals surface area contributed by atoms with Gasteiger partial charge in [0.25, 0.3) is 0 Å². The summed E-state index contributed by atoms with van der Waals surface area (Å²) in [6, 6.07) is 8.70. The first-order valence-electron chi connectivity index (χ1n) is 6.66. The van der Waals surface area contributed by atoms with E-state index in [9.17, 15) is 0 Å².